The Labute approximate surface area is 163 Å². The monoisotopic (exact) mass is 376 g/mol. The Balaban J connectivity index is 1.76. The minimum absolute atomic E-state index is 0.0766. The number of aliphatic imine (C=N–C) groups is 1. The molecule has 1 heterocycles. The Morgan fingerprint density at radius 1 is 1.11 bits per heavy atom. The normalized spacial score (nSPS) is 15.8. The average molecular weight is 376 g/mol. The molecule has 1 aliphatic rings. The van der Waals surface area contributed by atoms with Crippen molar-refractivity contribution in [2.24, 2.45) is 4.99 Å². The molecular formula is C23H21FN2O2. The van der Waals surface area contributed by atoms with Crippen LogP contribution in [0.2, 0.25) is 0 Å². The molecule has 3 aromatic carbocycles. The Morgan fingerprint density at radius 2 is 1.89 bits per heavy atom. The van der Waals surface area contributed by atoms with Crippen molar-refractivity contribution in [1.82, 2.24) is 0 Å². The number of ether oxygens (including phenoxy) is 1. The first kappa shape index (κ1) is 18.0. The van der Waals surface area contributed by atoms with Gasteiger partial charge in [-0.25, -0.2) is 4.39 Å². The number of benzene rings is 3. The van der Waals surface area contributed by atoms with E-state index in [0.717, 1.165) is 28.2 Å². The number of halogens is 1. The number of phenols is 1. The highest BCUT2D eigenvalue weighted by Gasteiger charge is 2.22. The molecule has 0 saturated heterocycles. The van der Waals surface area contributed by atoms with Gasteiger partial charge < -0.3 is 15.2 Å². The Bertz CT molecular complexity index is 1020. The predicted octanol–water partition coefficient (Wildman–Crippen LogP) is 5.61. The first-order valence-electron chi connectivity index (χ1n) is 9.29. The van der Waals surface area contributed by atoms with Crippen molar-refractivity contribution >= 4 is 17.1 Å². The molecule has 142 valence electrons. The fraction of sp³-hybridized carbons (Fsp3) is 0.174. The molecular weight excluding hydrogens is 355 g/mol. The zero-order chi connectivity index (χ0) is 19.5. The van der Waals surface area contributed by atoms with Gasteiger partial charge in [-0.3, -0.25) is 4.99 Å². The van der Waals surface area contributed by atoms with E-state index in [1.54, 1.807) is 18.2 Å². The van der Waals surface area contributed by atoms with Gasteiger partial charge in [-0.15, -0.1) is 0 Å². The standard InChI is InChI=1S/C23H21FN2O2/c1-2-28-23-13-16(9-12-22(23)27)21-14-20(15-7-10-17(24)11-8-15)25-18-5-3-4-6-19(18)26-21/h3-13,21,26-27H,2,14H2,1H3. The van der Waals surface area contributed by atoms with Gasteiger partial charge in [-0.2, -0.15) is 0 Å². The van der Waals surface area contributed by atoms with E-state index in [2.05, 4.69) is 5.32 Å². The molecule has 4 nitrogen and oxygen atoms in total. The molecule has 1 atom stereocenters. The summed E-state index contributed by atoms with van der Waals surface area (Å²) in [6.07, 6.45) is 0.608. The van der Waals surface area contributed by atoms with Gasteiger partial charge in [-0.05, 0) is 54.4 Å². The molecule has 3 aromatic rings. The van der Waals surface area contributed by atoms with E-state index in [9.17, 15) is 9.50 Å². The zero-order valence-electron chi connectivity index (χ0n) is 15.5. The van der Waals surface area contributed by atoms with Crippen LogP contribution in [-0.4, -0.2) is 17.4 Å². The van der Waals surface area contributed by atoms with Gasteiger partial charge in [0, 0.05) is 6.42 Å². The predicted molar refractivity (Wildman–Crippen MR) is 109 cm³/mol. The van der Waals surface area contributed by atoms with Crippen LogP contribution in [0.5, 0.6) is 11.5 Å². The molecule has 1 unspecified atom stereocenters. The molecule has 0 fully saturated rings. The van der Waals surface area contributed by atoms with E-state index < -0.39 is 0 Å². The quantitative estimate of drug-likeness (QED) is 0.622. The van der Waals surface area contributed by atoms with Crippen LogP contribution in [0.4, 0.5) is 15.8 Å². The lowest BCUT2D eigenvalue weighted by molar-refractivity contribution is 0.317. The number of rotatable bonds is 4. The lowest BCUT2D eigenvalue weighted by Gasteiger charge is -2.20. The van der Waals surface area contributed by atoms with Gasteiger partial charge in [0.1, 0.15) is 5.82 Å². The van der Waals surface area contributed by atoms with Crippen molar-refractivity contribution in [3.05, 3.63) is 83.7 Å². The van der Waals surface area contributed by atoms with E-state index >= 15 is 0 Å². The van der Waals surface area contributed by atoms with Crippen molar-refractivity contribution in [3.8, 4) is 11.5 Å². The smallest absolute Gasteiger partial charge is 0.161 e. The number of phenolic OH excluding ortho intramolecular Hbond substituents is 1. The van der Waals surface area contributed by atoms with E-state index in [4.69, 9.17) is 9.73 Å². The summed E-state index contributed by atoms with van der Waals surface area (Å²) in [6.45, 7) is 2.35. The molecule has 2 N–H and O–H groups in total. The third kappa shape index (κ3) is 3.69. The number of nitrogens with zero attached hydrogens (tertiary/aromatic N) is 1. The molecule has 4 rings (SSSR count). The summed E-state index contributed by atoms with van der Waals surface area (Å²) in [6, 6.07) is 19.6. The van der Waals surface area contributed by atoms with Crippen molar-refractivity contribution in [1.29, 1.82) is 0 Å². The van der Waals surface area contributed by atoms with Crippen LogP contribution in [0.15, 0.2) is 71.7 Å². The fourth-order valence-electron chi connectivity index (χ4n) is 3.36. The molecule has 0 amide bonds. The maximum Gasteiger partial charge on any atom is 0.161 e. The lowest BCUT2D eigenvalue weighted by Crippen LogP contribution is -2.14. The molecule has 28 heavy (non-hydrogen) atoms. The molecule has 0 aromatic heterocycles. The average Bonchev–Trinajstić information content (AvgIpc) is 2.90. The second-order valence-electron chi connectivity index (χ2n) is 6.64. The van der Waals surface area contributed by atoms with Gasteiger partial charge in [0.05, 0.1) is 29.7 Å². The van der Waals surface area contributed by atoms with Gasteiger partial charge in [-0.1, -0.05) is 30.3 Å². The number of nitrogens with one attached hydrogen (secondary N) is 1. The van der Waals surface area contributed by atoms with Crippen LogP contribution in [0.3, 0.4) is 0 Å². The second-order valence-corrected chi connectivity index (χ2v) is 6.64. The van der Waals surface area contributed by atoms with Crippen LogP contribution in [0.1, 0.15) is 30.5 Å². The Morgan fingerprint density at radius 3 is 2.68 bits per heavy atom. The molecule has 5 heteroatoms. The highest BCUT2D eigenvalue weighted by molar-refractivity contribution is 6.04. The Kier molecular flexibility index (Phi) is 4.98. The molecule has 0 spiro atoms. The number of hydrogen-bond acceptors (Lipinski definition) is 4. The maximum absolute atomic E-state index is 13.4. The molecule has 0 saturated carbocycles. The molecule has 0 aliphatic carbocycles. The third-order valence-corrected chi connectivity index (χ3v) is 4.75. The van der Waals surface area contributed by atoms with E-state index in [1.807, 2.05) is 43.3 Å². The van der Waals surface area contributed by atoms with Crippen molar-refractivity contribution in [2.75, 3.05) is 11.9 Å². The van der Waals surface area contributed by atoms with Crippen LogP contribution in [0.25, 0.3) is 0 Å². The first-order chi connectivity index (χ1) is 13.6. The number of fused-ring (bicyclic) bond motifs is 1. The summed E-state index contributed by atoms with van der Waals surface area (Å²) in [4.78, 5) is 4.84. The van der Waals surface area contributed by atoms with E-state index in [-0.39, 0.29) is 17.6 Å². The Hall–Kier alpha value is -3.34. The minimum Gasteiger partial charge on any atom is -0.504 e. The number of para-hydroxylation sites is 2. The topological polar surface area (TPSA) is 53.8 Å². The zero-order valence-corrected chi connectivity index (χ0v) is 15.5. The summed E-state index contributed by atoms with van der Waals surface area (Å²) in [5.41, 5.74) is 4.50. The van der Waals surface area contributed by atoms with Gasteiger partial charge in [0.15, 0.2) is 11.5 Å². The minimum atomic E-state index is -0.270. The fourth-order valence-corrected chi connectivity index (χ4v) is 3.36. The maximum atomic E-state index is 13.4. The van der Waals surface area contributed by atoms with Crippen LogP contribution in [0, 0.1) is 5.82 Å². The lowest BCUT2D eigenvalue weighted by atomic mass is 9.97. The van der Waals surface area contributed by atoms with E-state index in [1.165, 1.54) is 12.1 Å². The molecule has 0 bridgehead atoms. The van der Waals surface area contributed by atoms with Crippen LogP contribution >= 0.6 is 0 Å². The van der Waals surface area contributed by atoms with Crippen molar-refractivity contribution in [2.45, 2.75) is 19.4 Å². The van der Waals surface area contributed by atoms with Crippen molar-refractivity contribution in [3.63, 3.8) is 0 Å². The van der Waals surface area contributed by atoms with Gasteiger partial charge in [0.2, 0.25) is 0 Å². The van der Waals surface area contributed by atoms with Crippen molar-refractivity contribution < 1.29 is 14.2 Å². The summed E-state index contributed by atoms with van der Waals surface area (Å²) in [5.74, 6) is 0.305. The largest absolute Gasteiger partial charge is 0.504 e. The summed E-state index contributed by atoms with van der Waals surface area (Å²) in [7, 11) is 0. The molecule has 0 radical (unpaired) electrons. The highest BCUT2D eigenvalue weighted by atomic mass is 19.1. The number of hydrogen-bond donors (Lipinski definition) is 2. The SMILES string of the molecule is CCOc1cc(C2CC(c3ccc(F)cc3)=Nc3ccccc3N2)ccc1O. The highest BCUT2D eigenvalue weighted by Crippen LogP contribution is 2.37. The summed E-state index contributed by atoms with van der Waals surface area (Å²) < 4.78 is 18.9. The summed E-state index contributed by atoms with van der Waals surface area (Å²) in [5, 5.41) is 13.6. The third-order valence-electron chi connectivity index (χ3n) is 4.75. The van der Waals surface area contributed by atoms with Crippen LogP contribution < -0.4 is 10.1 Å². The molecule has 1 aliphatic heterocycles. The summed E-state index contributed by atoms with van der Waals surface area (Å²) >= 11 is 0. The van der Waals surface area contributed by atoms with Gasteiger partial charge >= 0.3 is 0 Å². The second kappa shape index (κ2) is 7.72. The first-order valence-corrected chi connectivity index (χ1v) is 9.29. The number of aromatic hydroxyl groups is 1. The van der Waals surface area contributed by atoms with Crippen LogP contribution in [-0.2, 0) is 0 Å². The van der Waals surface area contributed by atoms with Gasteiger partial charge in [0.25, 0.3) is 0 Å². The van der Waals surface area contributed by atoms with E-state index in [0.29, 0.717) is 18.8 Å². The number of anilines is 1.